The fraction of sp³-hybridized carbons (Fsp3) is 0.571. The molecule has 0 aliphatic heterocycles. The molecular formula is C14H21Cl2NO3. The van der Waals surface area contributed by atoms with Crippen LogP contribution in [0.2, 0.25) is 10.0 Å². The van der Waals surface area contributed by atoms with Gasteiger partial charge in [0.1, 0.15) is 18.5 Å². The normalized spacial score (nSPS) is 14.3. The van der Waals surface area contributed by atoms with Crippen LogP contribution in [0.1, 0.15) is 13.8 Å². The van der Waals surface area contributed by atoms with E-state index < -0.39 is 6.10 Å². The second kappa shape index (κ2) is 8.70. The summed E-state index contributed by atoms with van der Waals surface area (Å²) in [6.07, 6.45) is -0.669. The number of nitrogens with one attached hydrogen (secondary N) is 1. The molecule has 1 aromatic carbocycles. The highest BCUT2D eigenvalue weighted by atomic mass is 35.5. The van der Waals surface area contributed by atoms with Gasteiger partial charge in [0.05, 0.1) is 16.7 Å². The standard InChI is InChI=1S/C14H21Cl2NO3/c1-9(2)14(7-18)17-6-10(19)8-20-11-3-4-12(15)13(16)5-11/h3-5,9-10,14,17-19H,6-8H2,1-2H3. The van der Waals surface area contributed by atoms with Crippen molar-refractivity contribution in [2.45, 2.75) is 26.0 Å². The molecule has 0 spiro atoms. The Morgan fingerprint density at radius 2 is 1.95 bits per heavy atom. The highest BCUT2D eigenvalue weighted by molar-refractivity contribution is 6.42. The van der Waals surface area contributed by atoms with Gasteiger partial charge in [0.2, 0.25) is 0 Å². The van der Waals surface area contributed by atoms with Crippen molar-refractivity contribution >= 4 is 23.2 Å². The van der Waals surface area contributed by atoms with E-state index in [0.29, 0.717) is 28.3 Å². The Bertz CT molecular complexity index is 415. The van der Waals surface area contributed by atoms with Crippen LogP contribution in [-0.2, 0) is 0 Å². The van der Waals surface area contributed by atoms with Crippen LogP contribution in [0.15, 0.2) is 18.2 Å². The third-order valence-electron chi connectivity index (χ3n) is 2.95. The van der Waals surface area contributed by atoms with Gasteiger partial charge in [-0.2, -0.15) is 0 Å². The van der Waals surface area contributed by atoms with Crippen molar-refractivity contribution in [2.75, 3.05) is 19.8 Å². The number of hydrogen-bond donors (Lipinski definition) is 3. The number of aliphatic hydroxyl groups is 2. The number of halogens is 2. The summed E-state index contributed by atoms with van der Waals surface area (Å²) in [6.45, 7) is 4.54. The number of benzene rings is 1. The Morgan fingerprint density at radius 3 is 2.50 bits per heavy atom. The van der Waals surface area contributed by atoms with Gasteiger partial charge in [-0.05, 0) is 18.1 Å². The zero-order chi connectivity index (χ0) is 15.1. The molecule has 1 aromatic rings. The number of aliphatic hydroxyl groups excluding tert-OH is 2. The summed E-state index contributed by atoms with van der Waals surface area (Å²) >= 11 is 11.7. The predicted octanol–water partition coefficient (Wildman–Crippen LogP) is 2.34. The minimum absolute atomic E-state index is 0.0328. The van der Waals surface area contributed by atoms with Crippen molar-refractivity contribution in [1.29, 1.82) is 0 Å². The van der Waals surface area contributed by atoms with Gasteiger partial charge >= 0.3 is 0 Å². The summed E-state index contributed by atoms with van der Waals surface area (Å²) in [7, 11) is 0. The molecule has 3 N–H and O–H groups in total. The van der Waals surface area contributed by atoms with E-state index in [1.807, 2.05) is 13.8 Å². The minimum Gasteiger partial charge on any atom is -0.491 e. The lowest BCUT2D eigenvalue weighted by atomic mass is 10.1. The predicted molar refractivity (Wildman–Crippen MR) is 81.7 cm³/mol. The van der Waals surface area contributed by atoms with E-state index in [1.165, 1.54) is 0 Å². The molecule has 0 aromatic heterocycles. The number of rotatable bonds is 8. The lowest BCUT2D eigenvalue weighted by Gasteiger charge is -2.22. The molecule has 4 nitrogen and oxygen atoms in total. The summed E-state index contributed by atoms with van der Waals surface area (Å²) in [5.74, 6) is 0.851. The summed E-state index contributed by atoms with van der Waals surface area (Å²) in [5.41, 5.74) is 0. The van der Waals surface area contributed by atoms with Gasteiger partial charge in [-0.3, -0.25) is 0 Å². The average molecular weight is 322 g/mol. The molecule has 1 rings (SSSR count). The lowest BCUT2D eigenvalue weighted by Crippen LogP contribution is -2.42. The van der Waals surface area contributed by atoms with E-state index in [0.717, 1.165) is 0 Å². The van der Waals surface area contributed by atoms with Gasteiger partial charge in [-0.15, -0.1) is 0 Å². The maximum atomic E-state index is 9.83. The van der Waals surface area contributed by atoms with Crippen molar-refractivity contribution in [3.05, 3.63) is 28.2 Å². The van der Waals surface area contributed by atoms with Gasteiger partial charge in [0.15, 0.2) is 0 Å². The molecule has 2 atom stereocenters. The van der Waals surface area contributed by atoms with Crippen molar-refractivity contribution in [3.63, 3.8) is 0 Å². The molecule has 0 fully saturated rings. The number of ether oxygens (including phenoxy) is 1. The Morgan fingerprint density at radius 1 is 1.25 bits per heavy atom. The van der Waals surface area contributed by atoms with E-state index in [4.69, 9.17) is 27.9 Å². The first kappa shape index (κ1) is 17.5. The van der Waals surface area contributed by atoms with Crippen LogP contribution >= 0.6 is 23.2 Å². The minimum atomic E-state index is -0.669. The van der Waals surface area contributed by atoms with Gasteiger partial charge in [0, 0.05) is 18.7 Å². The molecule has 0 aliphatic carbocycles. The van der Waals surface area contributed by atoms with Crippen LogP contribution in [0.25, 0.3) is 0 Å². The molecule has 0 saturated carbocycles. The second-order valence-corrected chi connectivity index (χ2v) is 5.80. The zero-order valence-corrected chi connectivity index (χ0v) is 13.2. The first-order chi connectivity index (χ1) is 9.43. The molecular weight excluding hydrogens is 301 g/mol. The summed E-state index contributed by atoms with van der Waals surface area (Å²) < 4.78 is 5.43. The van der Waals surface area contributed by atoms with E-state index in [1.54, 1.807) is 18.2 Å². The molecule has 0 aliphatic rings. The van der Waals surface area contributed by atoms with Gasteiger partial charge in [-0.25, -0.2) is 0 Å². The van der Waals surface area contributed by atoms with Crippen LogP contribution in [0.4, 0.5) is 0 Å². The van der Waals surface area contributed by atoms with Crippen molar-refractivity contribution < 1.29 is 14.9 Å². The highest BCUT2D eigenvalue weighted by Crippen LogP contribution is 2.26. The Hall–Kier alpha value is -0.520. The van der Waals surface area contributed by atoms with Crippen LogP contribution in [0, 0.1) is 5.92 Å². The Kier molecular flexibility index (Phi) is 7.62. The van der Waals surface area contributed by atoms with E-state index >= 15 is 0 Å². The van der Waals surface area contributed by atoms with Crippen LogP contribution in [0.5, 0.6) is 5.75 Å². The molecule has 0 radical (unpaired) electrons. The smallest absolute Gasteiger partial charge is 0.121 e. The van der Waals surface area contributed by atoms with Gasteiger partial charge in [-0.1, -0.05) is 37.0 Å². The first-order valence-corrected chi connectivity index (χ1v) is 7.29. The summed E-state index contributed by atoms with van der Waals surface area (Å²) in [4.78, 5) is 0. The molecule has 20 heavy (non-hydrogen) atoms. The Balaban J connectivity index is 2.35. The van der Waals surface area contributed by atoms with Crippen LogP contribution in [0.3, 0.4) is 0 Å². The third kappa shape index (κ3) is 5.85. The Labute approximate surface area is 129 Å². The average Bonchev–Trinajstić information content (AvgIpc) is 2.40. The maximum Gasteiger partial charge on any atom is 0.121 e. The molecule has 0 bridgehead atoms. The summed E-state index contributed by atoms with van der Waals surface area (Å²) in [6, 6.07) is 4.91. The molecule has 0 saturated heterocycles. The summed E-state index contributed by atoms with van der Waals surface area (Å²) in [5, 5.41) is 23.0. The van der Waals surface area contributed by atoms with Crippen LogP contribution < -0.4 is 10.1 Å². The van der Waals surface area contributed by atoms with Crippen molar-refractivity contribution in [2.24, 2.45) is 5.92 Å². The fourth-order valence-corrected chi connectivity index (χ4v) is 1.90. The van der Waals surface area contributed by atoms with Crippen LogP contribution in [-0.4, -0.2) is 42.1 Å². The van der Waals surface area contributed by atoms with Crippen molar-refractivity contribution in [1.82, 2.24) is 5.32 Å². The van der Waals surface area contributed by atoms with Gasteiger partial charge in [0.25, 0.3) is 0 Å². The molecule has 0 amide bonds. The quantitative estimate of drug-likeness (QED) is 0.687. The topological polar surface area (TPSA) is 61.7 Å². The van der Waals surface area contributed by atoms with E-state index in [-0.39, 0.29) is 19.3 Å². The second-order valence-electron chi connectivity index (χ2n) is 4.98. The van der Waals surface area contributed by atoms with E-state index in [2.05, 4.69) is 5.32 Å². The number of hydrogen-bond acceptors (Lipinski definition) is 4. The third-order valence-corrected chi connectivity index (χ3v) is 3.69. The van der Waals surface area contributed by atoms with E-state index in [9.17, 15) is 10.2 Å². The maximum absolute atomic E-state index is 9.83. The lowest BCUT2D eigenvalue weighted by molar-refractivity contribution is 0.0962. The van der Waals surface area contributed by atoms with Crippen molar-refractivity contribution in [3.8, 4) is 5.75 Å². The SMILES string of the molecule is CC(C)C(CO)NCC(O)COc1ccc(Cl)c(Cl)c1. The zero-order valence-electron chi connectivity index (χ0n) is 11.6. The highest BCUT2D eigenvalue weighted by Gasteiger charge is 2.14. The monoisotopic (exact) mass is 321 g/mol. The molecule has 6 heteroatoms. The molecule has 2 unspecified atom stereocenters. The first-order valence-electron chi connectivity index (χ1n) is 6.54. The molecule has 114 valence electrons. The molecule has 0 heterocycles. The fourth-order valence-electron chi connectivity index (χ4n) is 1.62. The largest absolute Gasteiger partial charge is 0.491 e. The van der Waals surface area contributed by atoms with Gasteiger partial charge < -0.3 is 20.3 Å².